The molecule has 36 heavy (non-hydrogen) atoms. The number of rotatable bonds is 9. The largest absolute Gasteiger partial charge is 0.454 e. The number of fused-ring (bicyclic) bond motifs is 1. The third-order valence-corrected chi connectivity index (χ3v) is 7.18. The number of aryl methyl sites for hydroxylation is 1. The molecule has 0 fully saturated rings. The molecule has 5 rings (SSSR count). The highest BCUT2D eigenvalue weighted by Gasteiger charge is 2.27. The van der Waals surface area contributed by atoms with Gasteiger partial charge in [0.2, 0.25) is 11.0 Å². The van der Waals surface area contributed by atoms with Crippen LogP contribution < -0.4 is 11.1 Å². The van der Waals surface area contributed by atoms with Gasteiger partial charge < -0.3 is 25.1 Å². The number of nitrogens with one attached hydrogen (secondary N) is 1. The molecule has 186 valence electrons. The van der Waals surface area contributed by atoms with E-state index in [4.69, 9.17) is 15.2 Å². The predicted octanol–water partition coefficient (Wildman–Crippen LogP) is 4.33. The normalized spacial score (nSPS) is 15.1. The Morgan fingerprint density at radius 1 is 1.28 bits per heavy atom. The van der Waals surface area contributed by atoms with Crippen molar-refractivity contribution < 1.29 is 14.3 Å². The predicted molar refractivity (Wildman–Crippen MR) is 139 cm³/mol. The van der Waals surface area contributed by atoms with Crippen molar-refractivity contribution in [1.82, 2.24) is 29.8 Å². The second kappa shape index (κ2) is 10.5. The first-order valence-corrected chi connectivity index (χ1v) is 13.1. The van der Waals surface area contributed by atoms with Gasteiger partial charge in [0.05, 0.1) is 0 Å². The smallest absolute Gasteiger partial charge is 0.268 e. The topological polar surface area (TPSA) is 130 Å². The van der Waals surface area contributed by atoms with Crippen molar-refractivity contribution in [2.75, 3.05) is 12.3 Å². The standard InChI is InChI=1S/C24H25N7O3S2/c1-14(2)21(32)26-8-5-10-31-20-18(19(25)28-13-29-20)30-24(31)36-17-12-33-23(34-17)16-7-4-3-6-15(16)22-27-9-11-35-22/h3-4,6-7,9,11-14,23H,5,8,10H2,1-2H3,(H,26,32)(H2,25,28,29). The molecule has 1 aromatic carbocycles. The molecular weight excluding hydrogens is 498 g/mol. The van der Waals surface area contributed by atoms with Gasteiger partial charge in [-0.05, 0) is 18.2 Å². The molecule has 0 aliphatic carbocycles. The van der Waals surface area contributed by atoms with E-state index in [0.717, 1.165) is 16.1 Å². The number of imidazole rings is 1. The van der Waals surface area contributed by atoms with E-state index >= 15 is 0 Å². The molecule has 12 heteroatoms. The second-order valence-corrected chi connectivity index (χ2v) is 10.2. The van der Waals surface area contributed by atoms with Crippen molar-refractivity contribution in [1.29, 1.82) is 0 Å². The number of thioether (sulfide) groups is 1. The average Bonchev–Trinajstić information content (AvgIpc) is 3.63. The number of nitrogen functional groups attached to an aromatic ring is 1. The zero-order valence-electron chi connectivity index (χ0n) is 19.7. The summed E-state index contributed by atoms with van der Waals surface area (Å²) in [6.45, 7) is 4.86. The first kappa shape index (κ1) is 24.1. The van der Waals surface area contributed by atoms with Gasteiger partial charge in [-0.25, -0.2) is 19.9 Å². The summed E-state index contributed by atoms with van der Waals surface area (Å²) >= 11 is 2.89. The Labute approximate surface area is 216 Å². The SMILES string of the molecule is CC(C)C(=O)NCCCn1c(SC2=COC(c3ccccc3-c3nccs3)O2)nc2c(N)ncnc21. The van der Waals surface area contributed by atoms with Crippen molar-refractivity contribution in [2.45, 2.75) is 38.3 Å². The molecule has 0 spiro atoms. The molecule has 4 heterocycles. The quantitative estimate of drug-likeness (QED) is 0.308. The molecular formula is C24H25N7O3S2. The third kappa shape index (κ3) is 5.00. The summed E-state index contributed by atoms with van der Waals surface area (Å²) in [4.78, 5) is 29.5. The van der Waals surface area contributed by atoms with Gasteiger partial charge in [0.25, 0.3) is 6.29 Å². The fourth-order valence-electron chi connectivity index (χ4n) is 3.67. The van der Waals surface area contributed by atoms with E-state index in [-0.39, 0.29) is 11.8 Å². The van der Waals surface area contributed by atoms with E-state index in [1.807, 2.05) is 48.1 Å². The minimum atomic E-state index is -0.596. The zero-order valence-corrected chi connectivity index (χ0v) is 21.4. The number of hydrogen-bond acceptors (Lipinski definition) is 10. The van der Waals surface area contributed by atoms with Crippen LogP contribution in [-0.2, 0) is 20.8 Å². The van der Waals surface area contributed by atoms with E-state index in [1.165, 1.54) is 18.1 Å². The van der Waals surface area contributed by atoms with Crippen molar-refractivity contribution in [3.05, 3.63) is 59.1 Å². The number of ether oxygens (including phenoxy) is 2. The monoisotopic (exact) mass is 523 g/mol. The van der Waals surface area contributed by atoms with Crippen LogP contribution in [0.5, 0.6) is 0 Å². The van der Waals surface area contributed by atoms with Gasteiger partial charge in [-0.15, -0.1) is 11.3 Å². The lowest BCUT2D eigenvalue weighted by atomic mass is 10.1. The van der Waals surface area contributed by atoms with Crippen LogP contribution >= 0.6 is 23.1 Å². The highest BCUT2D eigenvalue weighted by molar-refractivity contribution is 8.02. The number of nitrogens with two attached hydrogens (primary N) is 1. The summed E-state index contributed by atoms with van der Waals surface area (Å²) in [7, 11) is 0. The maximum absolute atomic E-state index is 11.9. The zero-order chi connectivity index (χ0) is 25.1. The van der Waals surface area contributed by atoms with Gasteiger partial charge in [-0.3, -0.25) is 4.79 Å². The molecule has 1 aliphatic heterocycles. The van der Waals surface area contributed by atoms with Crippen LogP contribution in [0.3, 0.4) is 0 Å². The molecule has 3 N–H and O–H groups in total. The second-order valence-electron chi connectivity index (χ2n) is 8.33. The maximum atomic E-state index is 11.9. The summed E-state index contributed by atoms with van der Waals surface area (Å²) < 4.78 is 14.0. The fourth-order valence-corrected chi connectivity index (χ4v) is 5.20. The number of carbonyl (C=O) groups excluding carboxylic acids is 1. The molecule has 1 amide bonds. The van der Waals surface area contributed by atoms with Crippen molar-refractivity contribution >= 4 is 46.0 Å². The van der Waals surface area contributed by atoms with Crippen LogP contribution in [-0.4, -0.2) is 37.0 Å². The van der Waals surface area contributed by atoms with Crippen LogP contribution in [0.15, 0.2) is 58.7 Å². The molecule has 10 nitrogen and oxygen atoms in total. The highest BCUT2D eigenvalue weighted by atomic mass is 32.2. The summed E-state index contributed by atoms with van der Waals surface area (Å²) in [5.41, 5.74) is 9.08. The molecule has 0 radical (unpaired) electrons. The minimum Gasteiger partial charge on any atom is -0.454 e. The Bertz CT molecular complexity index is 1400. The van der Waals surface area contributed by atoms with Crippen LogP contribution in [0.1, 0.15) is 32.1 Å². The van der Waals surface area contributed by atoms with Crippen LogP contribution in [0.25, 0.3) is 21.7 Å². The van der Waals surface area contributed by atoms with Gasteiger partial charge >= 0.3 is 0 Å². The number of anilines is 1. The number of aromatic nitrogens is 5. The lowest BCUT2D eigenvalue weighted by molar-refractivity contribution is -0.123. The van der Waals surface area contributed by atoms with E-state index in [0.29, 0.717) is 46.7 Å². The molecule has 1 aliphatic rings. The molecule has 4 aromatic rings. The van der Waals surface area contributed by atoms with E-state index < -0.39 is 6.29 Å². The number of amides is 1. The third-order valence-electron chi connectivity index (χ3n) is 5.49. The van der Waals surface area contributed by atoms with Gasteiger partial charge in [-0.2, -0.15) is 0 Å². The lowest BCUT2D eigenvalue weighted by Crippen LogP contribution is -2.29. The number of thiazole rings is 1. The molecule has 0 bridgehead atoms. The minimum absolute atomic E-state index is 0.0254. The first-order valence-electron chi connectivity index (χ1n) is 11.4. The highest BCUT2D eigenvalue weighted by Crippen LogP contribution is 2.41. The van der Waals surface area contributed by atoms with Gasteiger partial charge in [0.15, 0.2) is 22.1 Å². The van der Waals surface area contributed by atoms with Crippen molar-refractivity contribution in [3.8, 4) is 10.6 Å². The Balaban J connectivity index is 1.33. The molecule has 1 atom stereocenters. The number of hydrogen-bond donors (Lipinski definition) is 2. The maximum Gasteiger partial charge on any atom is 0.268 e. The van der Waals surface area contributed by atoms with Gasteiger partial charge in [0.1, 0.15) is 17.6 Å². The van der Waals surface area contributed by atoms with Crippen molar-refractivity contribution in [3.63, 3.8) is 0 Å². The Kier molecular flexibility index (Phi) is 7.05. The van der Waals surface area contributed by atoms with E-state index in [9.17, 15) is 4.79 Å². The summed E-state index contributed by atoms with van der Waals surface area (Å²) in [5.74, 6) is 0.275. The summed E-state index contributed by atoms with van der Waals surface area (Å²) in [6, 6.07) is 7.89. The molecule has 3 aromatic heterocycles. The van der Waals surface area contributed by atoms with Gasteiger partial charge in [0, 0.05) is 41.7 Å². The first-order chi connectivity index (χ1) is 17.5. The fraction of sp³-hybridized carbons (Fsp3) is 0.292. The summed E-state index contributed by atoms with van der Waals surface area (Å²) in [6.07, 6.45) is 4.89. The van der Waals surface area contributed by atoms with Crippen LogP contribution in [0.2, 0.25) is 0 Å². The van der Waals surface area contributed by atoms with Crippen LogP contribution in [0.4, 0.5) is 5.82 Å². The van der Waals surface area contributed by atoms with Gasteiger partial charge in [-0.1, -0.05) is 38.1 Å². The van der Waals surface area contributed by atoms with Crippen LogP contribution in [0, 0.1) is 5.92 Å². The number of nitrogens with zero attached hydrogens (tertiary/aromatic N) is 5. The molecule has 1 unspecified atom stereocenters. The van der Waals surface area contributed by atoms with E-state index in [1.54, 1.807) is 23.8 Å². The number of benzene rings is 1. The molecule has 0 saturated carbocycles. The Hall–Kier alpha value is -3.64. The Morgan fingerprint density at radius 2 is 2.14 bits per heavy atom. The summed E-state index contributed by atoms with van der Waals surface area (Å²) in [5, 5.41) is 6.99. The lowest BCUT2D eigenvalue weighted by Gasteiger charge is -2.15. The van der Waals surface area contributed by atoms with Crippen molar-refractivity contribution in [2.24, 2.45) is 5.92 Å². The van der Waals surface area contributed by atoms with E-state index in [2.05, 4.69) is 25.3 Å². The number of carbonyl (C=O) groups is 1. The Morgan fingerprint density at radius 3 is 2.94 bits per heavy atom. The molecule has 0 saturated heterocycles. The average molecular weight is 524 g/mol.